The summed E-state index contributed by atoms with van der Waals surface area (Å²) in [7, 11) is 0. The Morgan fingerprint density at radius 3 is 2.70 bits per heavy atom. The molecular formula is C16H25FN2O. The van der Waals surface area contributed by atoms with Gasteiger partial charge in [-0.15, -0.1) is 0 Å². The first-order valence-electron chi connectivity index (χ1n) is 7.28. The Balaban J connectivity index is 2.37. The third kappa shape index (κ3) is 6.15. The second-order valence-corrected chi connectivity index (χ2v) is 5.42. The molecule has 0 saturated carbocycles. The second-order valence-electron chi connectivity index (χ2n) is 5.42. The number of rotatable bonds is 8. The zero-order valence-corrected chi connectivity index (χ0v) is 12.6. The molecule has 0 aliphatic heterocycles. The molecule has 0 heterocycles. The van der Waals surface area contributed by atoms with E-state index in [0.29, 0.717) is 25.4 Å². The fourth-order valence-corrected chi connectivity index (χ4v) is 1.99. The average Bonchev–Trinajstić information content (AvgIpc) is 2.41. The number of halogens is 1. The third-order valence-corrected chi connectivity index (χ3v) is 3.11. The van der Waals surface area contributed by atoms with Crippen LogP contribution in [0.2, 0.25) is 0 Å². The van der Waals surface area contributed by atoms with Gasteiger partial charge in [-0.25, -0.2) is 4.39 Å². The highest BCUT2D eigenvalue weighted by atomic mass is 19.1. The van der Waals surface area contributed by atoms with Crippen LogP contribution in [0.5, 0.6) is 0 Å². The molecule has 0 fully saturated rings. The smallest absolute Gasteiger partial charge is 0.221 e. The van der Waals surface area contributed by atoms with E-state index in [1.165, 1.54) is 6.07 Å². The molecule has 1 unspecified atom stereocenters. The summed E-state index contributed by atoms with van der Waals surface area (Å²) in [6.45, 7) is 7.48. The quantitative estimate of drug-likeness (QED) is 0.768. The van der Waals surface area contributed by atoms with Gasteiger partial charge in [-0.3, -0.25) is 4.79 Å². The Kier molecular flexibility index (Phi) is 7.23. The van der Waals surface area contributed by atoms with E-state index >= 15 is 0 Å². The first-order chi connectivity index (χ1) is 9.52. The first-order valence-corrected chi connectivity index (χ1v) is 7.28. The summed E-state index contributed by atoms with van der Waals surface area (Å²) < 4.78 is 13.2. The molecule has 1 amide bonds. The number of carbonyl (C=O) groups excluding carboxylic acids is 1. The standard InChI is InChI=1S/C16H25FN2O/c1-4-15(13-6-5-7-14(17)10-13)18-9-8-16(20)19-11-12(2)3/h5-7,10,12,15,18H,4,8-9,11H2,1-3H3,(H,19,20). The van der Waals surface area contributed by atoms with Crippen molar-refractivity contribution in [3.8, 4) is 0 Å². The summed E-state index contributed by atoms with van der Waals surface area (Å²) in [5.41, 5.74) is 0.926. The molecule has 1 aromatic carbocycles. The second kappa shape index (κ2) is 8.69. The van der Waals surface area contributed by atoms with Gasteiger partial charge in [0.1, 0.15) is 5.82 Å². The van der Waals surface area contributed by atoms with Crippen molar-refractivity contribution in [2.24, 2.45) is 5.92 Å². The predicted molar refractivity (Wildman–Crippen MR) is 79.9 cm³/mol. The lowest BCUT2D eigenvalue weighted by Crippen LogP contribution is -2.31. The van der Waals surface area contributed by atoms with Gasteiger partial charge in [0.05, 0.1) is 0 Å². The highest BCUT2D eigenvalue weighted by molar-refractivity contribution is 5.76. The minimum absolute atomic E-state index is 0.0558. The van der Waals surface area contributed by atoms with Crippen molar-refractivity contribution in [1.29, 1.82) is 0 Å². The van der Waals surface area contributed by atoms with Crippen molar-refractivity contribution in [2.75, 3.05) is 13.1 Å². The Labute approximate surface area is 121 Å². The van der Waals surface area contributed by atoms with Crippen molar-refractivity contribution in [3.05, 3.63) is 35.6 Å². The van der Waals surface area contributed by atoms with Gasteiger partial charge in [0.2, 0.25) is 5.91 Å². The van der Waals surface area contributed by atoms with E-state index in [4.69, 9.17) is 0 Å². The van der Waals surface area contributed by atoms with Crippen molar-refractivity contribution in [3.63, 3.8) is 0 Å². The number of hydrogen-bond acceptors (Lipinski definition) is 2. The molecular weight excluding hydrogens is 255 g/mol. The fraction of sp³-hybridized carbons (Fsp3) is 0.562. The Hall–Kier alpha value is -1.42. The van der Waals surface area contributed by atoms with Crippen molar-refractivity contribution in [1.82, 2.24) is 10.6 Å². The van der Waals surface area contributed by atoms with Crippen LogP contribution in [0, 0.1) is 11.7 Å². The minimum Gasteiger partial charge on any atom is -0.356 e. The van der Waals surface area contributed by atoms with Crippen LogP contribution in [0.15, 0.2) is 24.3 Å². The van der Waals surface area contributed by atoms with Crippen LogP contribution in [0.1, 0.15) is 45.2 Å². The molecule has 0 saturated heterocycles. The lowest BCUT2D eigenvalue weighted by Gasteiger charge is -2.17. The van der Waals surface area contributed by atoms with Crippen LogP contribution >= 0.6 is 0 Å². The van der Waals surface area contributed by atoms with E-state index in [1.807, 2.05) is 13.0 Å². The summed E-state index contributed by atoms with van der Waals surface area (Å²) in [6.07, 6.45) is 1.30. The topological polar surface area (TPSA) is 41.1 Å². The monoisotopic (exact) mass is 280 g/mol. The number of amides is 1. The summed E-state index contributed by atoms with van der Waals surface area (Å²) in [6, 6.07) is 6.69. The molecule has 0 spiro atoms. The maximum absolute atomic E-state index is 13.2. The van der Waals surface area contributed by atoms with Crippen LogP contribution < -0.4 is 10.6 Å². The highest BCUT2D eigenvalue weighted by Gasteiger charge is 2.10. The van der Waals surface area contributed by atoms with Crippen LogP contribution in [0.4, 0.5) is 4.39 Å². The number of nitrogens with one attached hydrogen (secondary N) is 2. The number of carbonyl (C=O) groups is 1. The third-order valence-electron chi connectivity index (χ3n) is 3.11. The molecule has 2 N–H and O–H groups in total. The van der Waals surface area contributed by atoms with Crippen molar-refractivity contribution < 1.29 is 9.18 Å². The van der Waals surface area contributed by atoms with Gasteiger partial charge in [0.15, 0.2) is 0 Å². The fourth-order valence-electron chi connectivity index (χ4n) is 1.99. The Bertz CT molecular complexity index is 421. The Morgan fingerprint density at radius 2 is 2.10 bits per heavy atom. The van der Waals surface area contributed by atoms with Crippen LogP contribution in [-0.2, 0) is 4.79 Å². The first kappa shape index (κ1) is 16.6. The molecule has 1 rings (SSSR count). The molecule has 0 aliphatic rings. The largest absolute Gasteiger partial charge is 0.356 e. The van der Waals surface area contributed by atoms with E-state index in [9.17, 15) is 9.18 Å². The van der Waals surface area contributed by atoms with E-state index in [0.717, 1.165) is 12.0 Å². The summed E-state index contributed by atoms with van der Waals surface area (Å²) in [5.74, 6) is 0.292. The molecule has 1 aromatic rings. The SMILES string of the molecule is CCC(NCCC(=O)NCC(C)C)c1cccc(F)c1. The molecule has 0 aliphatic carbocycles. The zero-order chi connectivity index (χ0) is 15.0. The van der Waals surface area contributed by atoms with Crippen LogP contribution in [0.3, 0.4) is 0 Å². The van der Waals surface area contributed by atoms with Gasteiger partial charge in [-0.05, 0) is 30.0 Å². The molecule has 0 radical (unpaired) electrons. The average molecular weight is 280 g/mol. The highest BCUT2D eigenvalue weighted by Crippen LogP contribution is 2.17. The minimum atomic E-state index is -0.225. The van der Waals surface area contributed by atoms with E-state index < -0.39 is 0 Å². The molecule has 112 valence electrons. The molecule has 0 bridgehead atoms. The summed E-state index contributed by atoms with van der Waals surface area (Å²) >= 11 is 0. The normalized spacial score (nSPS) is 12.4. The molecule has 3 nitrogen and oxygen atoms in total. The van der Waals surface area contributed by atoms with E-state index in [1.54, 1.807) is 12.1 Å². The summed E-state index contributed by atoms with van der Waals surface area (Å²) in [4.78, 5) is 11.6. The van der Waals surface area contributed by atoms with Crippen LogP contribution in [-0.4, -0.2) is 19.0 Å². The van der Waals surface area contributed by atoms with Crippen LogP contribution in [0.25, 0.3) is 0 Å². The van der Waals surface area contributed by atoms with Gasteiger partial charge in [-0.1, -0.05) is 32.9 Å². The number of benzene rings is 1. The number of hydrogen-bond donors (Lipinski definition) is 2. The van der Waals surface area contributed by atoms with E-state index in [2.05, 4.69) is 24.5 Å². The van der Waals surface area contributed by atoms with Crippen molar-refractivity contribution >= 4 is 5.91 Å². The predicted octanol–water partition coefficient (Wildman–Crippen LogP) is 3.03. The van der Waals surface area contributed by atoms with Gasteiger partial charge >= 0.3 is 0 Å². The van der Waals surface area contributed by atoms with Gasteiger partial charge in [0, 0.05) is 25.6 Å². The maximum Gasteiger partial charge on any atom is 0.221 e. The molecule has 4 heteroatoms. The maximum atomic E-state index is 13.2. The lowest BCUT2D eigenvalue weighted by molar-refractivity contribution is -0.121. The zero-order valence-electron chi connectivity index (χ0n) is 12.6. The lowest BCUT2D eigenvalue weighted by atomic mass is 10.0. The van der Waals surface area contributed by atoms with Crippen molar-refractivity contribution in [2.45, 2.75) is 39.7 Å². The molecule has 0 aromatic heterocycles. The van der Waals surface area contributed by atoms with E-state index in [-0.39, 0.29) is 17.8 Å². The Morgan fingerprint density at radius 1 is 1.35 bits per heavy atom. The van der Waals surface area contributed by atoms with Gasteiger partial charge in [-0.2, -0.15) is 0 Å². The molecule has 20 heavy (non-hydrogen) atoms. The molecule has 1 atom stereocenters. The van der Waals surface area contributed by atoms with Gasteiger partial charge in [0.25, 0.3) is 0 Å². The van der Waals surface area contributed by atoms with Gasteiger partial charge < -0.3 is 10.6 Å². The summed E-state index contributed by atoms with van der Waals surface area (Å²) in [5, 5.41) is 6.19.